The Bertz CT molecular complexity index is 1030. The molecule has 1 aliphatic carbocycles. The van der Waals surface area contributed by atoms with E-state index in [9.17, 15) is 9.59 Å². The summed E-state index contributed by atoms with van der Waals surface area (Å²) in [6, 6.07) is 14.2. The van der Waals surface area contributed by atoms with Gasteiger partial charge in [-0.1, -0.05) is 12.1 Å². The summed E-state index contributed by atoms with van der Waals surface area (Å²) in [4.78, 5) is 29.4. The van der Waals surface area contributed by atoms with Gasteiger partial charge in [0.1, 0.15) is 12.4 Å². The van der Waals surface area contributed by atoms with E-state index in [1.807, 2.05) is 12.3 Å². The Labute approximate surface area is 172 Å². The van der Waals surface area contributed by atoms with E-state index in [2.05, 4.69) is 15.6 Å². The summed E-state index contributed by atoms with van der Waals surface area (Å²) in [6.45, 7) is 2.34. The number of carbonyl (C=O) groups excluding carboxylic acids is 2. The molecule has 6 nitrogen and oxygen atoms in total. The van der Waals surface area contributed by atoms with Gasteiger partial charge in [0.15, 0.2) is 0 Å². The number of thiazole rings is 1. The van der Waals surface area contributed by atoms with Gasteiger partial charge in [0.05, 0.1) is 22.0 Å². The van der Waals surface area contributed by atoms with Crippen LogP contribution in [0.1, 0.15) is 44.3 Å². The first-order valence-corrected chi connectivity index (χ1v) is 10.3. The van der Waals surface area contributed by atoms with Crippen LogP contribution >= 0.6 is 11.3 Å². The predicted molar refractivity (Wildman–Crippen MR) is 113 cm³/mol. The molecular formula is C22H21N3O3S. The average molecular weight is 407 g/mol. The molecule has 0 atom stereocenters. The third-order valence-electron chi connectivity index (χ3n) is 4.50. The Hall–Kier alpha value is -3.19. The van der Waals surface area contributed by atoms with Crippen LogP contribution in [0.3, 0.4) is 0 Å². The molecule has 2 N–H and O–H groups in total. The molecule has 0 saturated heterocycles. The molecule has 3 aromatic rings. The highest BCUT2D eigenvalue weighted by atomic mass is 32.1. The molecule has 29 heavy (non-hydrogen) atoms. The second-order valence-electron chi connectivity index (χ2n) is 6.92. The summed E-state index contributed by atoms with van der Waals surface area (Å²) in [6.07, 6.45) is 2.02. The normalized spacial score (nSPS) is 13.0. The number of amides is 2. The number of aryl methyl sites for hydroxylation is 1. The van der Waals surface area contributed by atoms with E-state index in [1.165, 1.54) is 0 Å². The summed E-state index contributed by atoms with van der Waals surface area (Å²) < 4.78 is 5.71. The van der Waals surface area contributed by atoms with Crippen molar-refractivity contribution in [2.24, 2.45) is 0 Å². The maximum Gasteiger partial charge on any atom is 0.255 e. The molecule has 0 radical (unpaired) electrons. The highest BCUT2D eigenvalue weighted by Gasteiger charge is 2.25. The third-order valence-corrected chi connectivity index (χ3v) is 5.32. The third kappa shape index (κ3) is 5.00. The molecule has 4 rings (SSSR count). The lowest BCUT2D eigenvalue weighted by Gasteiger charge is -2.11. The van der Waals surface area contributed by atoms with Gasteiger partial charge >= 0.3 is 0 Å². The van der Waals surface area contributed by atoms with Crippen LogP contribution < -0.4 is 15.4 Å². The molecule has 2 amide bonds. The fourth-order valence-corrected chi connectivity index (χ4v) is 3.41. The number of nitrogens with one attached hydrogen (secondary N) is 2. The summed E-state index contributed by atoms with van der Waals surface area (Å²) in [7, 11) is 0. The number of benzene rings is 2. The molecule has 1 heterocycles. The number of rotatable bonds is 7. The van der Waals surface area contributed by atoms with Crippen molar-refractivity contribution in [3.63, 3.8) is 0 Å². The predicted octanol–water partition coefficient (Wildman–Crippen LogP) is 4.18. The van der Waals surface area contributed by atoms with Crippen molar-refractivity contribution in [2.45, 2.75) is 32.4 Å². The number of ether oxygens (including phenoxy) is 1. The van der Waals surface area contributed by atoms with Crippen molar-refractivity contribution in [1.82, 2.24) is 10.3 Å². The molecule has 0 spiro atoms. The van der Waals surface area contributed by atoms with Crippen molar-refractivity contribution in [3.8, 4) is 5.75 Å². The lowest BCUT2D eigenvalue weighted by molar-refractivity contribution is 0.0952. The van der Waals surface area contributed by atoms with Gasteiger partial charge in [-0.3, -0.25) is 9.59 Å². The minimum absolute atomic E-state index is 0.163. The molecule has 1 aliphatic rings. The lowest BCUT2D eigenvalue weighted by Crippen LogP contribution is -2.27. The van der Waals surface area contributed by atoms with Gasteiger partial charge in [-0.2, -0.15) is 0 Å². The van der Waals surface area contributed by atoms with Crippen molar-refractivity contribution >= 4 is 28.8 Å². The number of aromatic nitrogens is 1. The summed E-state index contributed by atoms with van der Waals surface area (Å²) in [5, 5.41) is 8.75. The zero-order valence-electron chi connectivity index (χ0n) is 16.0. The first-order valence-electron chi connectivity index (χ1n) is 9.43. The summed E-state index contributed by atoms with van der Waals surface area (Å²) >= 11 is 1.58. The number of carbonyl (C=O) groups is 2. The van der Waals surface area contributed by atoms with E-state index in [0.717, 1.165) is 23.5 Å². The smallest absolute Gasteiger partial charge is 0.255 e. The summed E-state index contributed by atoms with van der Waals surface area (Å²) in [5.74, 6) is 0.221. The molecule has 1 fully saturated rings. The molecule has 148 valence electrons. The Balaban J connectivity index is 1.39. The first kappa shape index (κ1) is 19.1. The topological polar surface area (TPSA) is 80.3 Å². The Morgan fingerprint density at radius 2 is 1.86 bits per heavy atom. The Morgan fingerprint density at radius 1 is 1.10 bits per heavy atom. The van der Waals surface area contributed by atoms with E-state index >= 15 is 0 Å². The Kier molecular flexibility index (Phi) is 5.57. The van der Waals surface area contributed by atoms with Crippen LogP contribution in [0.5, 0.6) is 5.75 Å². The van der Waals surface area contributed by atoms with Gasteiger partial charge in [0.25, 0.3) is 11.8 Å². The largest absolute Gasteiger partial charge is 0.487 e. The monoisotopic (exact) mass is 407 g/mol. The molecule has 0 bridgehead atoms. The Morgan fingerprint density at radius 3 is 2.55 bits per heavy atom. The zero-order valence-corrected chi connectivity index (χ0v) is 16.8. The van der Waals surface area contributed by atoms with E-state index < -0.39 is 0 Å². The van der Waals surface area contributed by atoms with Crippen LogP contribution in [0.25, 0.3) is 0 Å². The average Bonchev–Trinajstić information content (AvgIpc) is 3.45. The summed E-state index contributed by atoms with van der Waals surface area (Å²) in [5.41, 5.74) is 2.33. The molecule has 2 aromatic carbocycles. The van der Waals surface area contributed by atoms with Crippen LogP contribution in [0.15, 0.2) is 53.9 Å². The quantitative estimate of drug-likeness (QED) is 0.616. The minimum Gasteiger partial charge on any atom is -0.487 e. The van der Waals surface area contributed by atoms with Crippen LogP contribution in [-0.2, 0) is 6.61 Å². The zero-order chi connectivity index (χ0) is 20.2. The van der Waals surface area contributed by atoms with E-state index in [0.29, 0.717) is 29.2 Å². The number of para-hydroxylation sites is 1. The molecular weight excluding hydrogens is 386 g/mol. The fraction of sp³-hybridized carbons (Fsp3) is 0.227. The molecule has 0 aliphatic heterocycles. The van der Waals surface area contributed by atoms with Gasteiger partial charge in [-0.15, -0.1) is 11.3 Å². The van der Waals surface area contributed by atoms with E-state index in [1.54, 1.807) is 59.9 Å². The SMILES string of the molecule is Cc1nc(COc2ccc(C(=O)Nc3ccccc3C(=O)NC3CC3)cc2)cs1. The van der Waals surface area contributed by atoms with Crippen molar-refractivity contribution in [1.29, 1.82) is 0 Å². The van der Waals surface area contributed by atoms with Crippen LogP contribution in [0.4, 0.5) is 5.69 Å². The van der Waals surface area contributed by atoms with Crippen LogP contribution in [0.2, 0.25) is 0 Å². The first-order chi connectivity index (χ1) is 14.1. The van der Waals surface area contributed by atoms with Gasteiger partial charge in [0, 0.05) is 17.0 Å². The van der Waals surface area contributed by atoms with E-state index in [-0.39, 0.29) is 17.9 Å². The van der Waals surface area contributed by atoms with Gasteiger partial charge in [0.2, 0.25) is 0 Å². The maximum atomic E-state index is 12.6. The van der Waals surface area contributed by atoms with Gasteiger partial charge in [-0.05, 0) is 56.2 Å². The standard InChI is InChI=1S/C22H21N3O3S/c1-14-23-17(13-29-14)12-28-18-10-6-15(7-11-18)21(26)25-20-5-3-2-4-19(20)22(27)24-16-8-9-16/h2-7,10-11,13,16H,8-9,12H2,1H3,(H,24,27)(H,25,26). The maximum absolute atomic E-state index is 12.6. The number of anilines is 1. The number of hydrogen-bond acceptors (Lipinski definition) is 5. The van der Waals surface area contributed by atoms with Crippen molar-refractivity contribution < 1.29 is 14.3 Å². The van der Waals surface area contributed by atoms with Gasteiger partial charge < -0.3 is 15.4 Å². The van der Waals surface area contributed by atoms with E-state index in [4.69, 9.17) is 4.74 Å². The number of hydrogen-bond donors (Lipinski definition) is 2. The molecule has 1 aromatic heterocycles. The van der Waals surface area contributed by atoms with Gasteiger partial charge in [-0.25, -0.2) is 4.98 Å². The highest BCUT2D eigenvalue weighted by Crippen LogP contribution is 2.22. The molecule has 1 saturated carbocycles. The van der Waals surface area contributed by atoms with Crippen molar-refractivity contribution in [3.05, 3.63) is 75.7 Å². The molecule has 0 unspecified atom stereocenters. The fourth-order valence-electron chi connectivity index (χ4n) is 2.81. The number of nitrogens with zero attached hydrogens (tertiary/aromatic N) is 1. The second-order valence-corrected chi connectivity index (χ2v) is 7.98. The highest BCUT2D eigenvalue weighted by molar-refractivity contribution is 7.09. The van der Waals surface area contributed by atoms with Crippen LogP contribution in [-0.4, -0.2) is 22.8 Å². The second kappa shape index (κ2) is 8.45. The lowest BCUT2D eigenvalue weighted by atomic mass is 10.1. The minimum atomic E-state index is -0.279. The van der Waals surface area contributed by atoms with Crippen LogP contribution in [0, 0.1) is 6.92 Å². The molecule has 7 heteroatoms. The van der Waals surface area contributed by atoms with Crippen molar-refractivity contribution in [2.75, 3.05) is 5.32 Å².